The van der Waals surface area contributed by atoms with Crippen LogP contribution in [0.2, 0.25) is 0 Å². The van der Waals surface area contributed by atoms with Gasteiger partial charge in [0.25, 0.3) is 0 Å². The van der Waals surface area contributed by atoms with Gasteiger partial charge in [-0.05, 0) is 45.6 Å². The van der Waals surface area contributed by atoms with Gasteiger partial charge in [-0.15, -0.1) is 0 Å². The highest BCUT2D eigenvalue weighted by molar-refractivity contribution is 5.82. The largest absolute Gasteiger partial charge is 0.396 e. The first-order chi connectivity index (χ1) is 8.06. The molecule has 0 aromatic rings. The number of aliphatic hydroxyl groups is 1. The lowest BCUT2D eigenvalue weighted by Gasteiger charge is -2.34. The fraction of sp³-hybridized carbons (Fsp3) is 0.923. The van der Waals surface area contributed by atoms with Gasteiger partial charge in [0.05, 0.1) is 6.04 Å². The average molecular weight is 242 g/mol. The summed E-state index contributed by atoms with van der Waals surface area (Å²) in [6, 6.07) is 0.174. The summed E-state index contributed by atoms with van der Waals surface area (Å²) in [4.78, 5) is 14.3. The van der Waals surface area contributed by atoms with Crippen LogP contribution in [0.15, 0.2) is 0 Å². The number of hydrogen-bond acceptors (Lipinski definition) is 3. The zero-order valence-corrected chi connectivity index (χ0v) is 11.3. The Balaban J connectivity index is 2.56. The lowest BCUT2D eigenvalue weighted by Crippen LogP contribution is -2.52. The van der Waals surface area contributed by atoms with Crippen LogP contribution in [-0.4, -0.2) is 47.7 Å². The second kappa shape index (κ2) is 6.97. The van der Waals surface area contributed by atoms with E-state index in [4.69, 9.17) is 5.11 Å². The molecule has 1 fully saturated rings. The first-order valence-corrected chi connectivity index (χ1v) is 6.71. The quantitative estimate of drug-likeness (QED) is 0.756. The molecule has 0 bridgehead atoms. The zero-order valence-electron chi connectivity index (χ0n) is 11.3. The molecule has 4 nitrogen and oxygen atoms in total. The number of carbonyl (C=O) groups is 1. The van der Waals surface area contributed by atoms with Gasteiger partial charge in [0.1, 0.15) is 0 Å². The Labute approximate surface area is 104 Å². The van der Waals surface area contributed by atoms with E-state index >= 15 is 0 Å². The van der Waals surface area contributed by atoms with Gasteiger partial charge in [0.2, 0.25) is 5.91 Å². The maximum atomic E-state index is 12.4. The van der Waals surface area contributed by atoms with E-state index < -0.39 is 0 Å². The van der Waals surface area contributed by atoms with Crippen LogP contribution in [0.3, 0.4) is 0 Å². The molecule has 1 aliphatic rings. The highest BCUT2D eigenvalue weighted by atomic mass is 16.3. The third-order valence-corrected chi connectivity index (χ3v) is 3.43. The Morgan fingerprint density at radius 3 is 2.76 bits per heavy atom. The summed E-state index contributed by atoms with van der Waals surface area (Å²) in [6.45, 7) is 7.99. The van der Waals surface area contributed by atoms with Crippen molar-refractivity contribution >= 4 is 5.91 Å². The van der Waals surface area contributed by atoms with Crippen molar-refractivity contribution in [2.24, 2.45) is 5.92 Å². The summed E-state index contributed by atoms with van der Waals surface area (Å²) in [5.41, 5.74) is 0. The van der Waals surface area contributed by atoms with Gasteiger partial charge in [0, 0.05) is 19.2 Å². The summed E-state index contributed by atoms with van der Waals surface area (Å²) in [5.74, 6) is 0.817. The summed E-state index contributed by atoms with van der Waals surface area (Å²) in [5, 5.41) is 12.2. The van der Waals surface area contributed by atoms with Gasteiger partial charge in [-0.25, -0.2) is 0 Å². The van der Waals surface area contributed by atoms with E-state index in [1.807, 2.05) is 18.7 Å². The molecule has 1 aliphatic heterocycles. The summed E-state index contributed by atoms with van der Waals surface area (Å²) >= 11 is 0. The van der Waals surface area contributed by atoms with Gasteiger partial charge < -0.3 is 15.3 Å². The smallest absolute Gasteiger partial charge is 0.239 e. The molecule has 2 unspecified atom stereocenters. The number of carbonyl (C=O) groups excluding carboxylic acids is 1. The molecule has 1 heterocycles. The van der Waals surface area contributed by atoms with Gasteiger partial charge in [-0.2, -0.15) is 0 Å². The molecule has 4 heteroatoms. The number of nitrogens with zero attached hydrogens (tertiary/aromatic N) is 1. The van der Waals surface area contributed by atoms with E-state index in [0.717, 1.165) is 19.4 Å². The molecule has 1 saturated heterocycles. The molecule has 1 rings (SSSR count). The lowest BCUT2D eigenvalue weighted by molar-refractivity contribution is -0.136. The second-order valence-electron chi connectivity index (χ2n) is 5.34. The van der Waals surface area contributed by atoms with Crippen molar-refractivity contribution < 1.29 is 9.90 Å². The third-order valence-electron chi connectivity index (χ3n) is 3.43. The van der Waals surface area contributed by atoms with Crippen LogP contribution in [0.25, 0.3) is 0 Å². The molecule has 17 heavy (non-hydrogen) atoms. The number of hydrogen-bond donors (Lipinski definition) is 2. The molecular formula is C13H26N2O2. The first-order valence-electron chi connectivity index (χ1n) is 6.71. The minimum Gasteiger partial charge on any atom is -0.396 e. The van der Waals surface area contributed by atoms with Crippen molar-refractivity contribution in [2.75, 3.05) is 19.7 Å². The standard InChI is InChI=1S/C13H26N2O2/c1-10(2)15(7-4-8-16)13(17)12-9-11(3)5-6-14-12/h10-12,14,16H,4-9H2,1-3H3. The van der Waals surface area contributed by atoms with Crippen molar-refractivity contribution in [3.63, 3.8) is 0 Å². The van der Waals surface area contributed by atoms with Crippen LogP contribution in [-0.2, 0) is 4.79 Å². The first kappa shape index (κ1) is 14.5. The topological polar surface area (TPSA) is 52.6 Å². The lowest BCUT2D eigenvalue weighted by atomic mass is 9.93. The SMILES string of the molecule is CC1CCNC(C(=O)N(CCCO)C(C)C)C1. The molecule has 100 valence electrons. The fourth-order valence-electron chi connectivity index (χ4n) is 2.36. The number of piperidine rings is 1. The molecule has 0 spiro atoms. The van der Waals surface area contributed by atoms with Gasteiger partial charge in [-0.1, -0.05) is 6.92 Å². The molecule has 2 atom stereocenters. The highest BCUT2D eigenvalue weighted by Crippen LogP contribution is 2.17. The van der Waals surface area contributed by atoms with Crippen molar-refractivity contribution in [1.82, 2.24) is 10.2 Å². The van der Waals surface area contributed by atoms with E-state index in [9.17, 15) is 4.79 Å². The van der Waals surface area contributed by atoms with E-state index in [2.05, 4.69) is 12.2 Å². The molecule has 0 saturated carbocycles. The Hall–Kier alpha value is -0.610. The van der Waals surface area contributed by atoms with Gasteiger partial charge in [-0.3, -0.25) is 4.79 Å². The highest BCUT2D eigenvalue weighted by Gasteiger charge is 2.29. The minimum absolute atomic E-state index is 0.0279. The normalized spacial score (nSPS) is 25.0. The Bertz CT molecular complexity index is 244. The van der Waals surface area contributed by atoms with Gasteiger partial charge >= 0.3 is 0 Å². The minimum atomic E-state index is -0.0279. The van der Waals surface area contributed by atoms with Crippen molar-refractivity contribution in [1.29, 1.82) is 0 Å². The number of amides is 1. The molecule has 0 aliphatic carbocycles. The molecule has 0 aromatic heterocycles. The Morgan fingerprint density at radius 2 is 2.24 bits per heavy atom. The number of rotatable bonds is 5. The molecule has 0 radical (unpaired) electrons. The maximum absolute atomic E-state index is 12.4. The molecular weight excluding hydrogens is 216 g/mol. The van der Waals surface area contributed by atoms with Crippen molar-refractivity contribution in [3.05, 3.63) is 0 Å². The van der Waals surface area contributed by atoms with Crippen molar-refractivity contribution in [2.45, 2.75) is 52.1 Å². The maximum Gasteiger partial charge on any atom is 0.239 e. The van der Waals surface area contributed by atoms with E-state index in [1.54, 1.807) is 0 Å². The van der Waals surface area contributed by atoms with Crippen LogP contribution in [0.5, 0.6) is 0 Å². The summed E-state index contributed by atoms with van der Waals surface area (Å²) in [7, 11) is 0. The van der Waals surface area contributed by atoms with E-state index in [-0.39, 0.29) is 24.6 Å². The summed E-state index contributed by atoms with van der Waals surface area (Å²) in [6.07, 6.45) is 2.75. The predicted molar refractivity (Wildman–Crippen MR) is 68.7 cm³/mol. The zero-order chi connectivity index (χ0) is 12.8. The molecule has 1 amide bonds. The predicted octanol–water partition coefficient (Wildman–Crippen LogP) is 0.994. The monoisotopic (exact) mass is 242 g/mol. The average Bonchev–Trinajstić information content (AvgIpc) is 2.29. The third kappa shape index (κ3) is 4.28. The van der Waals surface area contributed by atoms with Crippen molar-refractivity contribution in [3.8, 4) is 0 Å². The summed E-state index contributed by atoms with van der Waals surface area (Å²) < 4.78 is 0. The van der Waals surface area contributed by atoms with Crippen LogP contribution in [0.4, 0.5) is 0 Å². The fourth-order valence-corrected chi connectivity index (χ4v) is 2.36. The van der Waals surface area contributed by atoms with E-state index in [1.165, 1.54) is 0 Å². The van der Waals surface area contributed by atoms with Crippen LogP contribution in [0, 0.1) is 5.92 Å². The molecule has 2 N–H and O–H groups in total. The van der Waals surface area contributed by atoms with Crippen LogP contribution >= 0.6 is 0 Å². The van der Waals surface area contributed by atoms with Gasteiger partial charge in [0.15, 0.2) is 0 Å². The van der Waals surface area contributed by atoms with Crippen LogP contribution < -0.4 is 5.32 Å². The number of nitrogens with one attached hydrogen (secondary N) is 1. The molecule has 0 aromatic carbocycles. The Kier molecular flexibility index (Phi) is 5.92. The van der Waals surface area contributed by atoms with E-state index in [0.29, 0.717) is 18.9 Å². The second-order valence-corrected chi connectivity index (χ2v) is 5.34. The number of aliphatic hydroxyl groups excluding tert-OH is 1. The Morgan fingerprint density at radius 1 is 1.53 bits per heavy atom. The van der Waals surface area contributed by atoms with Crippen LogP contribution in [0.1, 0.15) is 40.0 Å².